The number of nitrogens with zero attached hydrogens (tertiary/aromatic N) is 4. The molecule has 0 radical (unpaired) electrons. The number of para-hydroxylation sites is 1. The number of amidine groups is 2. The third-order valence-electron chi connectivity index (χ3n) is 4.68. The van der Waals surface area contributed by atoms with Crippen molar-refractivity contribution >= 4 is 23.8 Å². The van der Waals surface area contributed by atoms with Crippen LogP contribution in [0.25, 0.3) is 0 Å². The summed E-state index contributed by atoms with van der Waals surface area (Å²) in [5.74, 6) is 0.938. The smallest absolute Gasteiger partial charge is 0.489 e. The highest BCUT2D eigenvalue weighted by molar-refractivity contribution is 6.22. The second-order valence-electron chi connectivity index (χ2n) is 6.36. The van der Waals surface area contributed by atoms with Crippen molar-refractivity contribution in [2.24, 2.45) is 4.99 Å². The molecule has 8 heteroatoms. The second-order valence-corrected chi connectivity index (χ2v) is 6.36. The molecule has 3 aliphatic heterocycles. The Kier molecular flexibility index (Phi) is 3.48. The highest BCUT2D eigenvalue weighted by Crippen LogP contribution is 2.24. The van der Waals surface area contributed by atoms with Gasteiger partial charge in [0.2, 0.25) is 0 Å². The highest BCUT2D eigenvalue weighted by atomic mass is 16.6. The lowest BCUT2D eigenvalue weighted by Gasteiger charge is -2.30. The number of carbonyl (C=O) groups excluding carboxylic acids is 2. The Morgan fingerprint density at radius 3 is 2.80 bits per heavy atom. The maximum absolute atomic E-state index is 12.5. The average Bonchev–Trinajstić information content (AvgIpc) is 3.14. The Balaban J connectivity index is 1.47. The third-order valence-corrected chi connectivity index (χ3v) is 4.68. The lowest BCUT2D eigenvalue weighted by atomic mass is 10.1. The van der Waals surface area contributed by atoms with E-state index in [0.29, 0.717) is 25.0 Å². The fourth-order valence-corrected chi connectivity index (χ4v) is 3.25. The van der Waals surface area contributed by atoms with Crippen molar-refractivity contribution in [2.45, 2.75) is 19.1 Å². The van der Waals surface area contributed by atoms with E-state index in [1.807, 2.05) is 31.2 Å². The van der Waals surface area contributed by atoms with Gasteiger partial charge in [0.1, 0.15) is 18.9 Å². The van der Waals surface area contributed by atoms with Gasteiger partial charge in [0, 0.05) is 19.1 Å². The molecule has 2 unspecified atom stereocenters. The molecule has 4 rings (SSSR count). The van der Waals surface area contributed by atoms with Crippen molar-refractivity contribution in [3.8, 4) is 5.75 Å². The van der Waals surface area contributed by atoms with Crippen LogP contribution in [0.2, 0.25) is 0 Å². The van der Waals surface area contributed by atoms with E-state index in [4.69, 9.17) is 9.47 Å². The van der Waals surface area contributed by atoms with E-state index in [-0.39, 0.29) is 18.0 Å². The van der Waals surface area contributed by atoms with E-state index >= 15 is 0 Å². The summed E-state index contributed by atoms with van der Waals surface area (Å²) in [7, 11) is 3.09. The van der Waals surface area contributed by atoms with E-state index in [2.05, 4.69) is 4.99 Å². The number of aryl methyl sites for hydroxylation is 1. The Bertz CT molecular complexity index is 832. The Morgan fingerprint density at radius 2 is 2.04 bits per heavy atom. The summed E-state index contributed by atoms with van der Waals surface area (Å²) in [4.78, 5) is 31.4. The van der Waals surface area contributed by atoms with Crippen LogP contribution in [0, 0.1) is 6.92 Å². The number of rotatable bonds is 3. The van der Waals surface area contributed by atoms with Gasteiger partial charge in [-0.2, -0.15) is 4.58 Å². The van der Waals surface area contributed by atoms with E-state index in [1.54, 1.807) is 11.6 Å². The van der Waals surface area contributed by atoms with Gasteiger partial charge in [-0.25, -0.2) is 4.79 Å². The first-order chi connectivity index (χ1) is 12.0. The largest absolute Gasteiger partial charge is 0.497 e. The zero-order valence-corrected chi connectivity index (χ0v) is 14.3. The molecule has 1 aromatic carbocycles. The first kappa shape index (κ1) is 15.6. The van der Waals surface area contributed by atoms with E-state index < -0.39 is 6.04 Å². The average molecular weight is 343 g/mol. The standard InChI is InChI=1S/C17H19N4O4/c1-10-6-4-5-7-12(10)24-9-11-8-21-13-14(18-16(21)25-11)19(2)17(23)20(3)15(13)22/h4-7,11,13H,8-9H2,1-3H3/q+1. The van der Waals surface area contributed by atoms with Crippen LogP contribution in [0.4, 0.5) is 4.79 Å². The maximum atomic E-state index is 12.5. The van der Waals surface area contributed by atoms with Crippen LogP contribution in [0.3, 0.4) is 0 Å². The van der Waals surface area contributed by atoms with E-state index in [1.165, 1.54) is 11.9 Å². The zero-order chi connectivity index (χ0) is 17.7. The fraction of sp³-hybridized carbons (Fsp3) is 0.412. The monoisotopic (exact) mass is 343 g/mol. The molecule has 1 fully saturated rings. The quantitative estimate of drug-likeness (QED) is 0.747. The second kappa shape index (κ2) is 5.58. The number of amides is 3. The van der Waals surface area contributed by atoms with Crippen molar-refractivity contribution in [1.29, 1.82) is 0 Å². The van der Waals surface area contributed by atoms with Gasteiger partial charge in [0.05, 0.1) is 0 Å². The minimum Gasteiger partial charge on any atom is -0.489 e. The van der Waals surface area contributed by atoms with Gasteiger partial charge in [0.15, 0.2) is 6.10 Å². The summed E-state index contributed by atoms with van der Waals surface area (Å²) >= 11 is 0. The van der Waals surface area contributed by atoms with Crippen LogP contribution in [-0.4, -0.2) is 77.6 Å². The van der Waals surface area contributed by atoms with Crippen molar-refractivity contribution in [2.75, 3.05) is 27.2 Å². The number of carbonyl (C=O) groups is 2. The molecule has 0 bridgehead atoms. The molecule has 0 saturated carbocycles. The first-order valence-corrected chi connectivity index (χ1v) is 8.10. The maximum Gasteiger partial charge on any atom is 0.497 e. The van der Waals surface area contributed by atoms with Crippen molar-refractivity contribution in [3.05, 3.63) is 29.8 Å². The fourth-order valence-electron chi connectivity index (χ4n) is 3.25. The van der Waals surface area contributed by atoms with Gasteiger partial charge in [-0.1, -0.05) is 18.2 Å². The molecule has 1 aromatic rings. The van der Waals surface area contributed by atoms with Gasteiger partial charge in [-0.05, 0) is 18.6 Å². The lowest BCUT2D eigenvalue weighted by Crippen LogP contribution is -2.61. The van der Waals surface area contributed by atoms with Crippen molar-refractivity contribution < 1.29 is 23.6 Å². The Morgan fingerprint density at radius 1 is 1.28 bits per heavy atom. The van der Waals surface area contributed by atoms with Crippen LogP contribution < -0.4 is 4.74 Å². The molecule has 0 spiro atoms. The molecule has 3 aliphatic rings. The summed E-state index contributed by atoms with van der Waals surface area (Å²) in [5.41, 5.74) is 1.05. The van der Waals surface area contributed by atoms with Crippen molar-refractivity contribution in [3.63, 3.8) is 0 Å². The number of urea groups is 1. The Labute approximate surface area is 144 Å². The van der Waals surface area contributed by atoms with Crippen LogP contribution in [-0.2, 0) is 9.53 Å². The molecule has 25 heavy (non-hydrogen) atoms. The summed E-state index contributed by atoms with van der Waals surface area (Å²) in [5, 5.41) is 0. The number of ether oxygens (including phenoxy) is 2. The minimum absolute atomic E-state index is 0.221. The van der Waals surface area contributed by atoms with Gasteiger partial charge >= 0.3 is 12.1 Å². The molecule has 3 amide bonds. The topological polar surface area (TPSA) is 74.5 Å². The van der Waals surface area contributed by atoms with Crippen LogP contribution in [0.15, 0.2) is 29.3 Å². The molecular weight excluding hydrogens is 324 g/mol. The summed E-state index contributed by atoms with van der Waals surface area (Å²) < 4.78 is 13.5. The Hall–Kier alpha value is -2.90. The molecule has 1 saturated heterocycles. The predicted molar refractivity (Wildman–Crippen MR) is 88.8 cm³/mol. The molecule has 0 N–H and O–H groups in total. The molecule has 130 valence electrons. The summed E-state index contributed by atoms with van der Waals surface area (Å²) in [6.07, 6.45) is -0.221. The lowest BCUT2D eigenvalue weighted by molar-refractivity contribution is -0.529. The molecular formula is C17H19N4O4+. The first-order valence-electron chi connectivity index (χ1n) is 8.10. The highest BCUT2D eigenvalue weighted by Gasteiger charge is 2.56. The number of benzene rings is 1. The normalized spacial score (nSPS) is 25.0. The van der Waals surface area contributed by atoms with Crippen molar-refractivity contribution in [1.82, 2.24) is 9.80 Å². The molecule has 3 heterocycles. The van der Waals surface area contributed by atoms with Crippen LogP contribution in [0.5, 0.6) is 5.75 Å². The summed E-state index contributed by atoms with van der Waals surface area (Å²) in [6, 6.07) is 7.16. The van der Waals surface area contributed by atoms with Gasteiger partial charge in [0.25, 0.3) is 17.8 Å². The van der Waals surface area contributed by atoms with Gasteiger partial charge in [-0.15, -0.1) is 0 Å². The number of hydrogen-bond acceptors (Lipinski definition) is 5. The molecule has 8 nitrogen and oxygen atoms in total. The number of likely N-dealkylation sites (N-methyl/N-ethyl adjacent to an activating group) is 2. The molecule has 2 atom stereocenters. The predicted octanol–water partition coefficient (Wildman–Crippen LogP) is 0.446. The van der Waals surface area contributed by atoms with E-state index in [0.717, 1.165) is 16.2 Å². The van der Waals surface area contributed by atoms with Gasteiger partial charge < -0.3 is 9.47 Å². The molecule has 0 aromatic heterocycles. The molecule has 0 aliphatic carbocycles. The minimum atomic E-state index is -0.605. The third kappa shape index (κ3) is 2.36. The van der Waals surface area contributed by atoms with Gasteiger partial charge in [-0.3, -0.25) is 14.6 Å². The zero-order valence-electron chi connectivity index (χ0n) is 14.3. The van der Waals surface area contributed by atoms with Crippen LogP contribution >= 0.6 is 0 Å². The number of aliphatic imine (C=N–C) groups is 1. The summed E-state index contributed by atoms with van der Waals surface area (Å²) in [6.45, 7) is 2.83. The number of imide groups is 1. The number of hydrogen-bond donors (Lipinski definition) is 0. The SMILES string of the molecule is Cc1ccccc1OCC1C[N+]2=C(N=C3C2C(=O)N(C)C(=O)N3C)O1. The van der Waals surface area contributed by atoms with Crippen LogP contribution in [0.1, 0.15) is 5.56 Å². The van der Waals surface area contributed by atoms with E-state index in [9.17, 15) is 9.59 Å². The number of fused-ring (bicyclic) bond motifs is 2.